The Hall–Kier alpha value is -2.86. The standard InChI is InChI=1S/C28H38N4O2/c1-2-25-12-6-7-19-31(25)20-9-18-29-27(33)23-14-16-24(17-15-23)30-28(34)32-21-8-5-11-22-10-3-4-13-26(22)32/h3-4,10,13-17,25H,2,5-9,11-12,18-21H2,1H3,(H,29,33)(H,30,34)/t25-/m0/s1. The fourth-order valence-electron chi connectivity index (χ4n) is 5.20. The molecular weight excluding hydrogens is 424 g/mol. The Morgan fingerprint density at radius 3 is 2.59 bits per heavy atom. The molecule has 34 heavy (non-hydrogen) atoms. The molecule has 6 nitrogen and oxygen atoms in total. The van der Waals surface area contributed by atoms with Crippen LogP contribution in [0, 0.1) is 0 Å². The van der Waals surface area contributed by atoms with Crippen LogP contribution in [0.1, 0.15) is 67.8 Å². The van der Waals surface area contributed by atoms with Crippen molar-refractivity contribution < 1.29 is 9.59 Å². The number of rotatable bonds is 7. The first-order chi connectivity index (χ1) is 16.7. The summed E-state index contributed by atoms with van der Waals surface area (Å²) in [7, 11) is 0. The fourth-order valence-corrected chi connectivity index (χ4v) is 5.20. The van der Waals surface area contributed by atoms with Crippen LogP contribution in [0.2, 0.25) is 0 Å². The molecule has 1 fully saturated rings. The number of carbonyl (C=O) groups excluding carboxylic acids is 2. The maximum absolute atomic E-state index is 13.0. The number of fused-ring (bicyclic) bond motifs is 1. The van der Waals surface area contributed by atoms with E-state index in [9.17, 15) is 9.59 Å². The zero-order valence-electron chi connectivity index (χ0n) is 20.4. The van der Waals surface area contributed by atoms with Crippen molar-refractivity contribution in [3.05, 3.63) is 59.7 Å². The van der Waals surface area contributed by atoms with Gasteiger partial charge in [0.1, 0.15) is 0 Å². The van der Waals surface area contributed by atoms with Gasteiger partial charge in [0.2, 0.25) is 0 Å². The molecule has 0 spiro atoms. The van der Waals surface area contributed by atoms with Crippen molar-refractivity contribution in [2.75, 3.05) is 36.4 Å². The first-order valence-corrected chi connectivity index (χ1v) is 12.9. The molecule has 182 valence electrons. The molecule has 2 aliphatic heterocycles. The first-order valence-electron chi connectivity index (χ1n) is 12.9. The molecule has 3 amide bonds. The number of piperidine rings is 1. The van der Waals surface area contributed by atoms with E-state index in [0.29, 0.717) is 30.4 Å². The molecule has 1 atom stereocenters. The van der Waals surface area contributed by atoms with E-state index >= 15 is 0 Å². The van der Waals surface area contributed by atoms with E-state index < -0.39 is 0 Å². The first kappa shape index (κ1) is 24.3. The summed E-state index contributed by atoms with van der Waals surface area (Å²) < 4.78 is 0. The van der Waals surface area contributed by atoms with Gasteiger partial charge in [0.25, 0.3) is 5.91 Å². The molecule has 2 aromatic carbocycles. The van der Waals surface area contributed by atoms with Crippen LogP contribution in [0.25, 0.3) is 0 Å². The minimum absolute atomic E-state index is 0.0648. The summed E-state index contributed by atoms with van der Waals surface area (Å²) in [4.78, 5) is 29.9. The summed E-state index contributed by atoms with van der Waals surface area (Å²) >= 11 is 0. The molecule has 6 heteroatoms. The summed E-state index contributed by atoms with van der Waals surface area (Å²) in [6, 6.07) is 15.9. The number of carbonyl (C=O) groups is 2. The summed E-state index contributed by atoms with van der Waals surface area (Å²) in [5.74, 6) is -0.0648. The third kappa shape index (κ3) is 6.17. The van der Waals surface area contributed by atoms with Crippen LogP contribution in [0.5, 0.6) is 0 Å². The monoisotopic (exact) mass is 462 g/mol. The van der Waals surface area contributed by atoms with Gasteiger partial charge < -0.3 is 15.5 Å². The third-order valence-corrected chi connectivity index (χ3v) is 7.13. The smallest absolute Gasteiger partial charge is 0.326 e. The summed E-state index contributed by atoms with van der Waals surface area (Å²) in [5.41, 5.74) is 3.51. The molecule has 1 saturated heterocycles. The zero-order chi connectivity index (χ0) is 23.8. The van der Waals surface area contributed by atoms with Crippen molar-refractivity contribution in [1.29, 1.82) is 0 Å². The van der Waals surface area contributed by atoms with Crippen molar-refractivity contribution >= 4 is 23.3 Å². The van der Waals surface area contributed by atoms with Gasteiger partial charge in [-0.1, -0.05) is 31.5 Å². The summed E-state index contributed by atoms with van der Waals surface area (Å²) in [5, 5.41) is 6.03. The van der Waals surface area contributed by atoms with E-state index in [0.717, 1.165) is 37.9 Å². The highest BCUT2D eigenvalue weighted by Gasteiger charge is 2.21. The van der Waals surface area contributed by atoms with Crippen LogP contribution in [0.4, 0.5) is 16.2 Å². The molecule has 0 radical (unpaired) electrons. The lowest BCUT2D eigenvalue weighted by molar-refractivity contribution is 0.0947. The van der Waals surface area contributed by atoms with Gasteiger partial charge in [-0.15, -0.1) is 0 Å². The number of likely N-dealkylation sites (tertiary alicyclic amines) is 1. The maximum Gasteiger partial charge on any atom is 0.326 e. The number of nitrogens with one attached hydrogen (secondary N) is 2. The summed E-state index contributed by atoms with van der Waals surface area (Å²) in [6.45, 7) is 5.88. The molecule has 2 heterocycles. The number of anilines is 2. The Balaban J connectivity index is 1.26. The number of hydrogen-bond donors (Lipinski definition) is 2. The van der Waals surface area contributed by atoms with Gasteiger partial charge in [0.05, 0.1) is 0 Å². The van der Waals surface area contributed by atoms with E-state index in [2.05, 4.69) is 28.5 Å². The average molecular weight is 463 g/mol. The lowest BCUT2D eigenvalue weighted by Gasteiger charge is -2.35. The van der Waals surface area contributed by atoms with Crippen LogP contribution in [0.3, 0.4) is 0 Å². The van der Waals surface area contributed by atoms with Crippen LogP contribution >= 0.6 is 0 Å². The van der Waals surface area contributed by atoms with Crippen LogP contribution in [-0.4, -0.2) is 49.1 Å². The van der Waals surface area contributed by atoms with Crippen molar-refractivity contribution in [1.82, 2.24) is 10.2 Å². The second-order valence-corrected chi connectivity index (χ2v) is 9.45. The number of hydrogen-bond acceptors (Lipinski definition) is 3. The van der Waals surface area contributed by atoms with Gasteiger partial charge in [0, 0.05) is 42.6 Å². The Kier molecular flexibility index (Phi) is 8.58. The van der Waals surface area contributed by atoms with Gasteiger partial charge in [-0.2, -0.15) is 0 Å². The lowest BCUT2D eigenvalue weighted by atomic mass is 10.00. The molecule has 0 bridgehead atoms. The second kappa shape index (κ2) is 12.0. The SMILES string of the molecule is CC[C@H]1CCCCN1CCCNC(=O)c1ccc(NC(=O)N2CCCCc3ccccc32)cc1. The van der Waals surface area contributed by atoms with E-state index in [1.807, 2.05) is 23.1 Å². The average Bonchev–Trinajstić information content (AvgIpc) is 3.10. The Morgan fingerprint density at radius 1 is 0.971 bits per heavy atom. The van der Waals surface area contributed by atoms with E-state index in [1.54, 1.807) is 24.3 Å². The predicted octanol–water partition coefficient (Wildman–Crippen LogP) is 5.45. The highest BCUT2D eigenvalue weighted by atomic mass is 16.2. The van der Waals surface area contributed by atoms with E-state index in [4.69, 9.17) is 0 Å². The Bertz CT molecular complexity index is 959. The molecule has 2 N–H and O–H groups in total. The molecule has 2 aliphatic rings. The molecular formula is C28H38N4O2. The number of aryl methyl sites for hydroxylation is 1. The summed E-state index contributed by atoms with van der Waals surface area (Å²) in [6.07, 6.45) is 9.17. The third-order valence-electron chi connectivity index (χ3n) is 7.13. The van der Waals surface area contributed by atoms with Crippen LogP contribution in [-0.2, 0) is 6.42 Å². The number of urea groups is 1. The van der Waals surface area contributed by atoms with Gasteiger partial charge >= 0.3 is 6.03 Å². The van der Waals surface area contributed by atoms with Crippen LogP contribution < -0.4 is 15.5 Å². The van der Waals surface area contributed by atoms with Crippen molar-refractivity contribution in [3.63, 3.8) is 0 Å². The molecule has 0 unspecified atom stereocenters. The van der Waals surface area contributed by atoms with Crippen molar-refractivity contribution in [2.45, 2.75) is 64.3 Å². The molecule has 0 aromatic heterocycles. The van der Waals surface area contributed by atoms with Gasteiger partial charge in [0.15, 0.2) is 0 Å². The zero-order valence-corrected chi connectivity index (χ0v) is 20.4. The lowest BCUT2D eigenvalue weighted by Crippen LogP contribution is -2.40. The van der Waals surface area contributed by atoms with Gasteiger partial charge in [-0.25, -0.2) is 4.79 Å². The Labute approximate surface area is 203 Å². The number of para-hydroxylation sites is 1. The fraction of sp³-hybridized carbons (Fsp3) is 0.500. The quantitative estimate of drug-likeness (QED) is 0.538. The molecule has 4 rings (SSSR count). The highest BCUT2D eigenvalue weighted by molar-refractivity contribution is 6.02. The van der Waals surface area contributed by atoms with E-state index in [1.165, 1.54) is 37.8 Å². The van der Waals surface area contributed by atoms with Crippen LogP contribution in [0.15, 0.2) is 48.5 Å². The minimum Gasteiger partial charge on any atom is -0.352 e. The number of amides is 3. The van der Waals surface area contributed by atoms with E-state index in [-0.39, 0.29) is 11.9 Å². The minimum atomic E-state index is -0.130. The van der Waals surface area contributed by atoms with Crippen molar-refractivity contribution in [3.8, 4) is 0 Å². The molecule has 0 aliphatic carbocycles. The van der Waals surface area contributed by atoms with Crippen molar-refractivity contribution in [2.24, 2.45) is 0 Å². The largest absolute Gasteiger partial charge is 0.352 e. The number of nitrogens with zero attached hydrogens (tertiary/aromatic N) is 2. The number of benzene rings is 2. The highest BCUT2D eigenvalue weighted by Crippen LogP contribution is 2.27. The molecule has 0 saturated carbocycles. The van der Waals surface area contributed by atoms with Gasteiger partial charge in [-0.3, -0.25) is 9.69 Å². The normalized spacial score (nSPS) is 18.6. The molecule has 2 aromatic rings. The predicted molar refractivity (Wildman–Crippen MR) is 139 cm³/mol. The second-order valence-electron chi connectivity index (χ2n) is 9.45. The topological polar surface area (TPSA) is 64.7 Å². The maximum atomic E-state index is 13.0. The van der Waals surface area contributed by atoms with Gasteiger partial charge in [-0.05, 0) is 87.4 Å². The Morgan fingerprint density at radius 2 is 1.76 bits per heavy atom.